The highest BCUT2D eigenvalue weighted by Crippen LogP contribution is 2.13. The number of hydrogen-bond donors (Lipinski definition) is 1. The minimum Gasteiger partial charge on any atom is -0.444 e. The van der Waals surface area contributed by atoms with E-state index in [1.54, 1.807) is 0 Å². The normalized spacial score (nSPS) is 29.8. The molecule has 1 heterocycles. The van der Waals surface area contributed by atoms with Crippen LogP contribution in [-0.4, -0.2) is 18.2 Å². The van der Waals surface area contributed by atoms with Gasteiger partial charge in [0, 0.05) is 0 Å². The second kappa shape index (κ2) is 3.60. The van der Waals surface area contributed by atoms with E-state index in [1.165, 1.54) is 6.42 Å². The van der Waals surface area contributed by atoms with Crippen molar-refractivity contribution in [2.24, 2.45) is 0 Å². The van der Waals surface area contributed by atoms with Crippen LogP contribution in [0.1, 0.15) is 33.1 Å². The highest BCUT2D eigenvalue weighted by atomic mass is 16.6. The molecule has 0 unspecified atom stereocenters. The summed E-state index contributed by atoms with van der Waals surface area (Å²) < 4.78 is 4.92. The molecule has 0 saturated carbocycles. The molecule has 2 atom stereocenters. The zero-order valence-electron chi connectivity index (χ0n) is 7.09. The summed E-state index contributed by atoms with van der Waals surface area (Å²) in [6, 6.07) is 0.238. The summed E-state index contributed by atoms with van der Waals surface area (Å²) in [6.45, 7) is 4.07. The van der Waals surface area contributed by atoms with Gasteiger partial charge in [-0.25, -0.2) is 4.79 Å². The van der Waals surface area contributed by atoms with E-state index in [4.69, 9.17) is 4.74 Å². The first-order chi connectivity index (χ1) is 5.24. The summed E-state index contributed by atoms with van der Waals surface area (Å²) in [4.78, 5) is 10.7. The van der Waals surface area contributed by atoms with Crippen molar-refractivity contribution in [3.05, 3.63) is 0 Å². The third-order valence-electron chi connectivity index (χ3n) is 2.03. The van der Waals surface area contributed by atoms with Crippen molar-refractivity contribution in [3.63, 3.8) is 0 Å². The molecule has 64 valence electrons. The highest BCUT2D eigenvalue weighted by Gasteiger charge is 2.29. The Balaban J connectivity index is 2.28. The van der Waals surface area contributed by atoms with Crippen molar-refractivity contribution in [3.8, 4) is 0 Å². The summed E-state index contributed by atoms with van der Waals surface area (Å²) in [5.41, 5.74) is 0. The van der Waals surface area contributed by atoms with E-state index in [9.17, 15) is 4.79 Å². The maximum Gasteiger partial charge on any atom is 0.407 e. The minimum absolute atomic E-state index is 0.0500. The molecular weight excluding hydrogens is 142 g/mol. The molecule has 0 aliphatic carbocycles. The van der Waals surface area contributed by atoms with Crippen molar-refractivity contribution < 1.29 is 9.53 Å². The Hall–Kier alpha value is -0.730. The van der Waals surface area contributed by atoms with Crippen molar-refractivity contribution >= 4 is 6.09 Å². The maximum absolute atomic E-state index is 10.7. The lowest BCUT2D eigenvalue weighted by Crippen LogP contribution is -2.29. The Morgan fingerprint density at radius 3 is 2.82 bits per heavy atom. The molecule has 0 aromatic carbocycles. The van der Waals surface area contributed by atoms with E-state index in [0.717, 1.165) is 12.8 Å². The molecule has 0 spiro atoms. The summed E-state index contributed by atoms with van der Waals surface area (Å²) in [5.74, 6) is 0. The quantitative estimate of drug-likeness (QED) is 0.676. The fourth-order valence-electron chi connectivity index (χ4n) is 1.28. The van der Waals surface area contributed by atoms with E-state index in [2.05, 4.69) is 12.2 Å². The van der Waals surface area contributed by atoms with Gasteiger partial charge in [-0.1, -0.05) is 19.8 Å². The molecule has 3 heteroatoms. The van der Waals surface area contributed by atoms with E-state index in [1.807, 2.05) is 6.92 Å². The molecule has 1 aliphatic rings. The molecule has 1 aliphatic heterocycles. The van der Waals surface area contributed by atoms with Gasteiger partial charge in [-0.05, 0) is 13.3 Å². The number of cyclic esters (lactones) is 1. The van der Waals surface area contributed by atoms with Gasteiger partial charge in [-0.3, -0.25) is 0 Å². The van der Waals surface area contributed by atoms with Crippen LogP contribution in [0.3, 0.4) is 0 Å². The Labute approximate surface area is 67.1 Å². The number of amides is 1. The second-order valence-corrected chi connectivity index (χ2v) is 3.00. The van der Waals surface area contributed by atoms with Crippen LogP contribution in [0.2, 0.25) is 0 Å². The summed E-state index contributed by atoms with van der Waals surface area (Å²) in [5, 5.41) is 2.78. The molecule has 1 N–H and O–H groups in total. The van der Waals surface area contributed by atoms with Crippen LogP contribution in [0.15, 0.2) is 0 Å². The van der Waals surface area contributed by atoms with E-state index < -0.39 is 0 Å². The Morgan fingerprint density at radius 2 is 2.36 bits per heavy atom. The fourth-order valence-corrected chi connectivity index (χ4v) is 1.28. The number of carbonyl (C=O) groups is 1. The standard InChI is InChI=1S/C8H15NO2/c1-3-4-5-7-6(2)11-8(10)9-7/h6-7H,3-5H2,1-2H3,(H,9,10)/t6-,7+/m1/s1. The van der Waals surface area contributed by atoms with Crippen molar-refractivity contribution in [2.45, 2.75) is 45.3 Å². The lowest BCUT2D eigenvalue weighted by Gasteiger charge is -2.10. The molecule has 0 radical (unpaired) electrons. The zero-order valence-corrected chi connectivity index (χ0v) is 7.09. The van der Waals surface area contributed by atoms with Crippen LogP contribution in [-0.2, 0) is 4.74 Å². The number of unbranched alkanes of at least 4 members (excludes halogenated alkanes) is 1. The maximum atomic E-state index is 10.7. The summed E-state index contributed by atoms with van der Waals surface area (Å²) in [7, 11) is 0. The molecular formula is C8H15NO2. The predicted octanol–water partition coefficient (Wildman–Crippen LogP) is 1.67. The minimum atomic E-state index is -0.265. The van der Waals surface area contributed by atoms with Gasteiger partial charge < -0.3 is 10.1 Å². The van der Waals surface area contributed by atoms with Gasteiger partial charge in [0.15, 0.2) is 0 Å². The second-order valence-electron chi connectivity index (χ2n) is 3.00. The zero-order chi connectivity index (χ0) is 8.27. The smallest absolute Gasteiger partial charge is 0.407 e. The van der Waals surface area contributed by atoms with Gasteiger partial charge in [-0.15, -0.1) is 0 Å². The number of nitrogens with one attached hydrogen (secondary N) is 1. The first-order valence-corrected chi connectivity index (χ1v) is 4.21. The van der Waals surface area contributed by atoms with Crippen LogP contribution in [0, 0.1) is 0 Å². The van der Waals surface area contributed by atoms with Crippen LogP contribution >= 0.6 is 0 Å². The lowest BCUT2D eigenvalue weighted by atomic mass is 10.1. The van der Waals surface area contributed by atoms with E-state index in [0.29, 0.717) is 0 Å². The molecule has 1 rings (SSSR count). The van der Waals surface area contributed by atoms with Crippen molar-refractivity contribution in [2.75, 3.05) is 0 Å². The molecule has 1 amide bonds. The number of ether oxygens (including phenoxy) is 1. The van der Waals surface area contributed by atoms with Crippen LogP contribution in [0.25, 0.3) is 0 Å². The summed E-state index contributed by atoms with van der Waals surface area (Å²) in [6.07, 6.45) is 3.13. The monoisotopic (exact) mass is 157 g/mol. The first kappa shape index (κ1) is 8.37. The molecule has 1 saturated heterocycles. The third-order valence-corrected chi connectivity index (χ3v) is 2.03. The topological polar surface area (TPSA) is 38.3 Å². The fraction of sp³-hybridized carbons (Fsp3) is 0.875. The van der Waals surface area contributed by atoms with Gasteiger partial charge in [0.25, 0.3) is 0 Å². The SMILES string of the molecule is CCCC[C@@H]1NC(=O)O[C@@H]1C. The molecule has 11 heavy (non-hydrogen) atoms. The van der Waals surface area contributed by atoms with Gasteiger partial charge >= 0.3 is 6.09 Å². The van der Waals surface area contributed by atoms with Gasteiger partial charge in [-0.2, -0.15) is 0 Å². The van der Waals surface area contributed by atoms with Crippen LogP contribution in [0.5, 0.6) is 0 Å². The highest BCUT2D eigenvalue weighted by molar-refractivity contribution is 5.70. The van der Waals surface area contributed by atoms with E-state index >= 15 is 0 Å². The molecule has 0 aromatic rings. The van der Waals surface area contributed by atoms with Crippen LogP contribution < -0.4 is 5.32 Å². The van der Waals surface area contributed by atoms with Crippen molar-refractivity contribution in [1.29, 1.82) is 0 Å². The Bertz CT molecular complexity index is 147. The van der Waals surface area contributed by atoms with Crippen molar-refractivity contribution in [1.82, 2.24) is 5.32 Å². The van der Waals surface area contributed by atoms with Gasteiger partial charge in [0.05, 0.1) is 6.04 Å². The number of rotatable bonds is 3. The predicted molar refractivity (Wildman–Crippen MR) is 42.4 cm³/mol. The molecule has 0 aromatic heterocycles. The summed E-state index contributed by atoms with van der Waals surface area (Å²) >= 11 is 0. The van der Waals surface area contributed by atoms with Gasteiger partial charge in [0.1, 0.15) is 6.10 Å². The number of carbonyl (C=O) groups excluding carboxylic acids is 1. The lowest BCUT2D eigenvalue weighted by molar-refractivity contribution is 0.140. The first-order valence-electron chi connectivity index (χ1n) is 4.21. The largest absolute Gasteiger partial charge is 0.444 e. The molecule has 1 fully saturated rings. The average molecular weight is 157 g/mol. The van der Waals surface area contributed by atoms with E-state index in [-0.39, 0.29) is 18.2 Å². The van der Waals surface area contributed by atoms with Crippen LogP contribution in [0.4, 0.5) is 4.79 Å². The number of hydrogen-bond acceptors (Lipinski definition) is 2. The molecule has 0 bridgehead atoms. The Morgan fingerprint density at radius 1 is 1.64 bits per heavy atom. The van der Waals surface area contributed by atoms with Gasteiger partial charge in [0.2, 0.25) is 0 Å². The molecule has 3 nitrogen and oxygen atoms in total. The Kier molecular flexibility index (Phi) is 2.74. The number of alkyl carbamates (subject to hydrolysis) is 1. The third kappa shape index (κ3) is 2.10. The average Bonchev–Trinajstić information content (AvgIpc) is 2.26.